The first-order valence-electron chi connectivity index (χ1n) is 4.33. The Bertz CT molecular complexity index is 355. The van der Waals surface area contributed by atoms with Crippen molar-refractivity contribution in [1.29, 1.82) is 0 Å². The highest BCUT2D eigenvalue weighted by Crippen LogP contribution is 2.28. The molecule has 0 aliphatic heterocycles. The summed E-state index contributed by atoms with van der Waals surface area (Å²) in [4.78, 5) is 22.1. The number of Topliss-reactive ketones (excluding diaryl/α,β-unsaturated/α-hetero) is 1. The predicted molar refractivity (Wildman–Crippen MR) is 51.0 cm³/mol. The van der Waals surface area contributed by atoms with Crippen molar-refractivity contribution < 1.29 is 24.5 Å². The molecule has 1 aliphatic rings. The molecule has 0 aromatic heterocycles. The summed E-state index contributed by atoms with van der Waals surface area (Å²) in [5.74, 6) is -2.89. The van der Waals surface area contributed by atoms with Crippen LogP contribution in [0.2, 0.25) is 0 Å². The molecular weight excluding hydrogens is 200 g/mol. The molecule has 0 heterocycles. The monoisotopic (exact) mass is 212 g/mol. The summed E-state index contributed by atoms with van der Waals surface area (Å²) in [6, 6.07) is 0. The van der Waals surface area contributed by atoms with Crippen molar-refractivity contribution in [1.82, 2.24) is 0 Å². The van der Waals surface area contributed by atoms with Crippen LogP contribution in [-0.4, -0.2) is 34.7 Å². The second kappa shape index (κ2) is 3.86. The van der Waals surface area contributed by atoms with Gasteiger partial charge in [-0.1, -0.05) is 6.08 Å². The van der Waals surface area contributed by atoms with E-state index < -0.39 is 23.3 Å². The van der Waals surface area contributed by atoms with E-state index in [1.165, 1.54) is 19.3 Å². The van der Waals surface area contributed by atoms with Crippen molar-refractivity contribution in [3.05, 3.63) is 24.0 Å². The molecule has 0 aromatic carbocycles. The van der Waals surface area contributed by atoms with Crippen LogP contribution in [0.1, 0.15) is 6.92 Å². The van der Waals surface area contributed by atoms with E-state index in [2.05, 4.69) is 0 Å². The lowest BCUT2D eigenvalue weighted by atomic mass is 9.80. The maximum atomic E-state index is 11.2. The van der Waals surface area contributed by atoms with E-state index in [9.17, 15) is 14.7 Å². The number of rotatable bonds is 3. The van der Waals surface area contributed by atoms with Crippen molar-refractivity contribution in [3.8, 4) is 0 Å². The Labute approximate surface area is 86.7 Å². The quantitative estimate of drug-likeness (QED) is 0.693. The fourth-order valence-corrected chi connectivity index (χ4v) is 1.41. The van der Waals surface area contributed by atoms with Gasteiger partial charge in [0.05, 0.1) is 7.11 Å². The highest BCUT2D eigenvalue weighted by Gasteiger charge is 2.44. The second-order valence-electron chi connectivity index (χ2n) is 3.31. The lowest BCUT2D eigenvalue weighted by Crippen LogP contribution is -2.47. The highest BCUT2D eigenvalue weighted by molar-refractivity contribution is 5.94. The number of hydrogen-bond acceptors (Lipinski definition) is 4. The number of aliphatic hydroxyl groups is 1. The van der Waals surface area contributed by atoms with Gasteiger partial charge in [-0.3, -0.25) is 9.59 Å². The van der Waals surface area contributed by atoms with Gasteiger partial charge in [-0.15, -0.1) is 0 Å². The number of carboxylic acids is 1. The van der Waals surface area contributed by atoms with E-state index in [0.29, 0.717) is 0 Å². The van der Waals surface area contributed by atoms with E-state index >= 15 is 0 Å². The average molecular weight is 212 g/mol. The molecule has 0 amide bonds. The van der Waals surface area contributed by atoms with Gasteiger partial charge in [-0.25, -0.2) is 0 Å². The number of ketones is 1. The molecule has 0 radical (unpaired) electrons. The number of hydrogen-bond donors (Lipinski definition) is 2. The fraction of sp³-hybridized carbons (Fsp3) is 0.400. The first kappa shape index (κ1) is 11.5. The Morgan fingerprint density at radius 3 is 2.53 bits per heavy atom. The summed E-state index contributed by atoms with van der Waals surface area (Å²) >= 11 is 0. The van der Waals surface area contributed by atoms with E-state index in [0.717, 1.165) is 13.0 Å². The van der Waals surface area contributed by atoms with Gasteiger partial charge >= 0.3 is 5.97 Å². The summed E-state index contributed by atoms with van der Waals surface area (Å²) in [7, 11) is 1.37. The predicted octanol–water partition coefficient (Wildman–Crippen LogP) is 0.107. The Hall–Kier alpha value is -1.62. The van der Waals surface area contributed by atoms with Crippen molar-refractivity contribution in [2.45, 2.75) is 12.5 Å². The Balaban J connectivity index is 3.16. The first-order valence-corrected chi connectivity index (χ1v) is 4.33. The molecule has 15 heavy (non-hydrogen) atoms. The molecule has 0 spiro atoms. The minimum Gasteiger partial charge on any atom is -0.497 e. The van der Waals surface area contributed by atoms with E-state index in [1.807, 2.05) is 0 Å². The molecule has 0 bridgehead atoms. The van der Waals surface area contributed by atoms with E-state index in [1.54, 1.807) is 0 Å². The van der Waals surface area contributed by atoms with E-state index in [-0.39, 0.29) is 5.76 Å². The van der Waals surface area contributed by atoms with Crippen LogP contribution < -0.4 is 0 Å². The second-order valence-corrected chi connectivity index (χ2v) is 3.31. The third kappa shape index (κ3) is 1.92. The molecule has 1 rings (SSSR count). The van der Waals surface area contributed by atoms with E-state index in [4.69, 9.17) is 9.84 Å². The molecule has 1 aliphatic carbocycles. The van der Waals surface area contributed by atoms with Crippen molar-refractivity contribution in [3.63, 3.8) is 0 Å². The topological polar surface area (TPSA) is 83.8 Å². The standard InChI is InChI=1S/C10H12O5/c1-6(11)10(14)5-7(15-2)3-4-8(10)9(12)13/h3-5,8,14H,1-2H3,(H,12,13). The molecule has 0 saturated heterocycles. The maximum absolute atomic E-state index is 11.2. The molecule has 5 nitrogen and oxygen atoms in total. The zero-order valence-corrected chi connectivity index (χ0v) is 8.43. The summed E-state index contributed by atoms with van der Waals surface area (Å²) < 4.78 is 4.83. The Morgan fingerprint density at radius 1 is 1.53 bits per heavy atom. The molecule has 2 N–H and O–H groups in total. The van der Waals surface area contributed by atoms with Gasteiger partial charge in [-0.2, -0.15) is 0 Å². The number of methoxy groups -OCH3 is 1. The average Bonchev–Trinajstić information content (AvgIpc) is 2.16. The third-order valence-corrected chi connectivity index (χ3v) is 2.36. The van der Waals surface area contributed by atoms with Crippen molar-refractivity contribution >= 4 is 11.8 Å². The summed E-state index contributed by atoms with van der Waals surface area (Å²) in [6.07, 6.45) is 3.77. The molecule has 2 atom stereocenters. The van der Waals surface area contributed by atoms with Gasteiger partial charge in [0.15, 0.2) is 11.4 Å². The third-order valence-electron chi connectivity index (χ3n) is 2.36. The van der Waals surface area contributed by atoms with Gasteiger partial charge < -0.3 is 14.9 Å². The molecular formula is C10H12O5. The molecule has 2 unspecified atom stereocenters. The Morgan fingerprint density at radius 2 is 2.13 bits per heavy atom. The van der Waals surface area contributed by atoms with Crippen LogP contribution in [0.3, 0.4) is 0 Å². The van der Waals surface area contributed by atoms with Crippen LogP contribution in [0, 0.1) is 5.92 Å². The summed E-state index contributed by atoms with van der Waals surface area (Å²) in [5, 5.41) is 18.8. The number of carbonyl (C=O) groups is 2. The molecule has 0 saturated carbocycles. The van der Waals surface area contributed by atoms with Crippen molar-refractivity contribution in [2.24, 2.45) is 5.92 Å². The molecule has 82 valence electrons. The number of carbonyl (C=O) groups excluding carboxylic acids is 1. The zero-order chi connectivity index (χ0) is 11.6. The number of allylic oxidation sites excluding steroid dienone is 1. The van der Waals surface area contributed by atoms with Crippen LogP contribution >= 0.6 is 0 Å². The molecule has 0 fully saturated rings. The smallest absolute Gasteiger partial charge is 0.314 e. The molecule has 0 aromatic rings. The summed E-state index contributed by atoms with van der Waals surface area (Å²) in [5.41, 5.74) is -2.02. The van der Waals surface area contributed by atoms with Crippen LogP contribution in [-0.2, 0) is 14.3 Å². The SMILES string of the molecule is COC1=CC(O)(C(C)=O)C(C(=O)O)C=C1. The van der Waals surface area contributed by atoms with Crippen LogP contribution in [0.5, 0.6) is 0 Å². The van der Waals surface area contributed by atoms with Crippen LogP contribution in [0.15, 0.2) is 24.0 Å². The van der Waals surface area contributed by atoms with Crippen molar-refractivity contribution in [2.75, 3.05) is 7.11 Å². The normalized spacial score (nSPS) is 29.5. The zero-order valence-electron chi connectivity index (χ0n) is 8.43. The van der Waals surface area contributed by atoms with Gasteiger partial charge in [0.1, 0.15) is 11.7 Å². The molecule has 5 heteroatoms. The lowest BCUT2D eigenvalue weighted by molar-refractivity contribution is -0.152. The van der Waals surface area contributed by atoms with Gasteiger partial charge in [0.25, 0.3) is 0 Å². The Kier molecular flexibility index (Phi) is 2.95. The number of ether oxygens (including phenoxy) is 1. The van der Waals surface area contributed by atoms with Gasteiger partial charge in [0, 0.05) is 0 Å². The van der Waals surface area contributed by atoms with Crippen LogP contribution in [0.4, 0.5) is 0 Å². The van der Waals surface area contributed by atoms with Gasteiger partial charge in [0.2, 0.25) is 0 Å². The number of aliphatic carboxylic acids is 1. The largest absolute Gasteiger partial charge is 0.497 e. The highest BCUT2D eigenvalue weighted by atomic mass is 16.5. The lowest BCUT2D eigenvalue weighted by Gasteiger charge is -2.29. The maximum Gasteiger partial charge on any atom is 0.314 e. The summed E-state index contributed by atoms with van der Waals surface area (Å²) in [6.45, 7) is 1.14. The first-order chi connectivity index (χ1) is 6.91. The van der Waals surface area contributed by atoms with Gasteiger partial charge in [-0.05, 0) is 19.1 Å². The fourth-order valence-electron chi connectivity index (χ4n) is 1.41. The number of carboxylic acid groups (broad SMARTS) is 1. The minimum absolute atomic E-state index is 0.269. The van der Waals surface area contributed by atoms with Crippen LogP contribution in [0.25, 0.3) is 0 Å². The minimum atomic E-state index is -2.02.